The third-order valence-electron chi connectivity index (χ3n) is 4.90. The van der Waals surface area contributed by atoms with Gasteiger partial charge in [-0.25, -0.2) is 13.8 Å². The van der Waals surface area contributed by atoms with Gasteiger partial charge < -0.3 is 14.6 Å². The van der Waals surface area contributed by atoms with E-state index in [1.165, 1.54) is 26.2 Å². The largest absolute Gasteiger partial charge is 0.474 e. The fourth-order valence-corrected chi connectivity index (χ4v) is 3.15. The second-order valence-electron chi connectivity index (χ2n) is 7.57. The van der Waals surface area contributed by atoms with Gasteiger partial charge in [0.05, 0.1) is 0 Å². The SMILES string of the molecule is C[C@H](NC(=O)c1cc(C(F)(F)F)nn1C)c1nc(-c2ccnc(OC3CC(F)(F)C3)c2)no1. The first-order valence-electron chi connectivity index (χ1n) is 9.68. The summed E-state index contributed by atoms with van der Waals surface area (Å²) in [6.45, 7) is 1.51. The molecule has 1 N–H and O–H groups in total. The minimum Gasteiger partial charge on any atom is -0.474 e. The quantitative estimate of drug-likeness (QED) is 0.547. The summed E-state index contributed by atoms with van der Waals surface area (Å²) < 4.78 is 75.7. The van der Waals surface area contributed by atoms with Crippen LogP contribution in [0.4, 0.5) is 22.0 Å². The van der Waals surface area contributed by atoms with E-state index in [1.54, 1.807) is 6.07 Å². The molecule has 0 bridgehead atoms. The first kappa shape index (κ1) is 22.6. The third-order valence-corrected chi connectivity index (χ3v) is 4.90. The van der Waals surface area contributed by atoms with Gasteiger partial charge in [-0.2, -0.15) is 23.3 Å². The number of alkyl halides is 5. The number of aromatic nitrogens is 5. The number of nitrogens with one attached hydrogen (secondary N) is 1. The van der Waals surface area contributed by atoms with Crippen molar-refractivity contribution in [3.63, 3.8) is 0 Å². The molecule has 9 nitrogen and oxygen atoms in total. The van der Waals surface area contributed by atoms with Crippen LogP contribution in [-0.2, 0) is 13.2 Å². The maximum atomic E-state index is 13.0. The van der Waals surface area contributed by atoms with E-state index < -0.39 is 35.8 Å². The summed E-state index contributed by atoms with van der Waals surface area (Å²) in [6.07, 6.45) is -4.70. The normalized spacial score (nSPS) is 16.8. The minimum atomic E-state index is -4.68. The zero-order valence-electron chi connectivity index (χ0n) is 17.2. The number of amides is 1. The highest BCUT2D eigenvalue weighted by atomic mass is 19.4. The molecule has 14 heteroatoms. The van der Waals surface area contributed by atoms with Gasteiger partial charge in [0.2, 0.25) is 17.6 Å². The van der Waals surface area contributed by atoms with Gasteiger partial charge in [-0.1, -0.05) is 5.16 Å². The van der Waals surface area contributed by atoms with E-state index >= 15 is 0 Å². The van der Waals surface area contributed by atoms with Crippen molar-refractivity contribution in [2.45, 2.75) is 44.0 Å². The van der Waals surface area contributed by atoms with Crippen molar-refractivity contribution in [2.24, 2.45) is 7.05 Å². The van der Waals surface area contributed by atoms with Crippen LogP contribution in [0.2, 0.25) is 0 Å². The summed E-state index contributed by atoms with van der Waals surface area (Å²) in [7, 11) is 1.22. The van der Waals surface area contributed by atoms with Crippen molar-refractivity contribution in [1.29, 1.82) is 0 Å². The van der Waals surface area contributed by atoms with E-state index in [0.717, 1.165) is 4.68 Å². The van der Waals surface area contributed by atoms with Crippen molar-refractivity contribution < 1.29 is 36.0 Å². The average Bonchev–Trinajstić information content (AvgIpc) is 3.33. The number of halogens is 5. The van der Waals surface area contributed by atoms with Crippen LogP contribution in [0.5, 0.6) is 5.88 Å². The molecule has 0 unspecified atom stereocenters. The number of nitrogens with zero attached hydrogens (tertiary/aromatic N) is 5. The molecule has 1 aliphatic rings. The Labute approximate surface area is 182 Å². The molecule has 0 aliphatic heterocycles. The number of hydrogen-bond donors (Lipinski definition) is 1. The summed E-state index contributed by atoms with van der Waals surface area (Å²) in [5.41, 5.74) is -1.06. The molecule has 3 aromatic rings. The van der Waals surface area contributed by atoms with Gasteiger partial charge in [0.15, 0.2) is 5.69 Å². The topological polar surface area (TPSA) is 108 Å². The molecule has 0 radical (unpaired) electrons. The maximum Gasteiger partial charge on any atom is 0.435 e. The number of ether oxygens (including phenoxy) is 1. The van der Waals surface area contributed by atoms with Gasteiger partial charge in [0.25, 0.3) is 11.8 Å². The zero-order valence-corrected chi connectivity index (χ0v) is 17.2. The monoisotopic (exact) mass is 472 g/mol. The van der Waals surface area contributed by atoms with Crippen molar-refractivity contribution >= 4 is 5.91 Å². The lowest BCUT2D eigenvalue weighted by Gasteiger charge is -2.34. The van der Waals surface area contributed by atoms with E-state index in [-0.39, 0.29) is 36.1 Å². The fraction of sp³-hybridized carbons (Fsp3) is 0.421. The molecule has 1 atom stereocenters. The van der Waals surface area contributed by atoms with E-state index in [9.17, 15) is 26.7 Å². The Morgan fingerprint density at radius 1 is 1.33 bits per heavy atom. The molecule has 33 heavy (non-hydrogen) atoms. The van der Waals surface area contributed by atoms with Gasteiger partial charge >= 0.3 is 6.18 Å². The Morgan fingerprint density at radius 2 is 2.06 bits per heavy atom. The molecule has 3 heterocycles. The van der Waals surface area contributed by atoms with Gasteiger partial charge in [-0.15, -0.1) is 0 Å². The lowest BCUT2D eigenvalue weighted by Crippen LogP contribution is -2.43. The average molecular weight is 472 g/mol. The van der Waals surface area contributed by atoms with Crippen LogP contribution in [0.25, 0.3) is 11.4 Å². The number of pyridine rings is 1. The van der Waals surface area contributed by atoms with Crippen LogP contribution >= 0.6 is 0 Å². The lowest BCUT2D eigenvalue weighted by molar-refractivity contribution is -0.141. The Balaban J connectivity index is 1.43. The van der Waals surface area contributed by atoms with E-state index in [0.29, 0.717) is 11.6 Å². The predicted molar refractivity (Wildman–Crippen MR) is 100 cm³/mol. The smallest absolute Gasteiger partial charge is 0.435 e. The highest BCUT2D eigenvalue weighted by molar-refractivity contribution is 5.92. The number of carbonyl (C=O) groups is 1. The molecular weight excluding hydrogens is 455 g/mol. The predicted octanol–water partition coefficient (Wildman–Crippen LogP) is 3.55. The molecule has 1 amide bonds. The summed E-state index contributed by atoms with van der Waals surface area (Å²) >= 11 is 0. The first-order valence-corrected chi connectivity index (χ1v) is 9.68. The van der Waals surface area contributed by atoms with Crippen LogP contribution < -0.4 is 10.1 Å². The zero-order chi connectivity index (χ0) is 24.0. The third kappa shape index (κ3) is 4.93. The number of aryl methyl sites for hydroxylation is 1. The lowest BCUT2D eigenvalue weighted by atomic mass is 9.91. The van der Waals surface area contributed by atoms with Crippen molar-refractivity contribution in [3.8, 4) is 17.3 Å². The highest BCUT2D eigenvalue weighted by Gasteiger charge is 2.47. The second kappa shape index (κ2) is 8.08. The van der Waals surface area contributed by atoms with Crippen molar-refractivity contribution in [2.75, 3.05) is 0 Å². The van der Waals surface area contributed by atoms with E-state index in [2.05, 4.69) is 25.5 Å². The summed E-state index contributed by atoms with van der Waals surface area (Å²) in [5, 5.41) is 9.58. The minimum absolute atomic E-state index is 0.00511. The van der Waals surface area contributed by atoms with E-state index in [1.807, 2.05) is 0 Å². The molecule has 0 saturated heterocycles. The Kier molecular flexibility index (Phi) is 5.54. The second-order valence-corrected chi connectivity index (χ2v) is 7.57. The molecule has 0 aromatic carbocycles. The van der Waals surface area contributed by atoms with Crippen molar-refractivity contribution in [3.05, 3.63) is 41.7 Å². The van der Waals surface area contributed by atoms with Crippen LogP contribution in [-0.4, -0.2) is 42.8 Å². The molecule has 176 valence electrons. The standard InChI is InChI=1S/C19H17F5N6O3/c1-9(26-16(31)12-6-13(19(22,23)24)28-30(12)2)17-27-15(29-33-17)10-3-4-25-14(5-10)32-11-7-18(20,21)8-11/h3-6,9,11H,7-8H2,1-2H3,(H,26,31)/t9-/m0/s1. The van der Waals surface area contributed by atoms with Crippen molar-refractivity contribution in [1.82, 2.24) is 30.2 Å². The number of hydrogen-bond acceptors (Lipinski definition) is 7. The number of carbonyl (C=O) groups excluding carboxylic acids is 1. The Hall–Kier alpha value is -3.58. The molecule has 0 spiro atoms. The van der Waals surface area contributed by atoms with Crippen LogP contribution in [0.3, 0.4) is 0 Å². The van der Waals surface area contributed by atoms with Crippen LogP contribution in [0, 0.1) is 0 Å². The molecular formula is C19H17F5N6O3. The first-order chi connectivity index (χ1) is 15.4. The molecule has 3 aromatic heterocycles. The van der Waals surface area contributed by atoms with E-state index in [4.69, 9.17) is 9.26 Å². The molecule has 1 saturated carbocycles. The molecule has 1 aliphatic carbocycles. The molecule has 4 rings (SSSR count). The summed E-state index contributed by atoms with van der Waals surface area (Å²) in [4.78, 5) is 20.5. The molecule has 1 fully saturated rings. The Bertz CT molecular complexity index is 1170. The summed E-state index contributed by atoms with van der Waals surface area (Å²) in [6, 6.07) is 2.81. The van der Waals surface area contributed by atoms with Crippen LogP contribution in [0.1, 0.15) is 47.9 Å². The van der Waals surface area contributed by atoms with Crippen LogP contribution in [0.15, 0.2) is 28.9 Å². The summed E-state index contributed by atoms with van der Waals surface area (Å²) in [5.74, 6) is -3.30. The van der Waals surface area contributed by atoms with Gasteiger partial charge in [0.1, 0.15) is 17.8 Å². The maximum absolute atomic E-state index is 13.0. The fourth-order valence-electron chi connectivity index (χ4n) is 3.15. The Morgan fingerprint density at radius 3 is 2.70 bits per heavy atom. The number of rotatable bonds is 6. The van der Waals surface area contributed by atoms with Gasteiger partial charge in [0, 0.05) is 43.8 Å². The highest BCUT2D eigenvalue weighted by Crippen LogP contribution is 2.39. The van der Waals surface area contributed by atoms with Gasteiger partial charge in [-0.3, -0.25) is 9.48 Å². The van der Waals surface area contributed by atoms with Gasteiger partial charge in [-0.05, 0) is 13.0 Å².